The molecule has 4 aromatic heterocycles. The topological polar surface area (TPSA) is 132 Å². The summed E-state index contributed by atoms with van der Waals surface area (Å²) in [5.74, 6) is -0.352. The molecule has 212 valence electrons. The van der Waals surface area contributed by atoms with Gasteiger partial charge in [0.25, 0.3) is 5.91 Å². The average Bonchev–Trinajstić information content (AvgIpc) is 3.56. The molecule has 41 heavy (non-hydrogen) atoms. The van der Waals surface area contributed by atoms with Crippen LogP contribution in [-0.4, -0.2) is 78.9 Å². The molecule has 2 saturated heterocycles. The number of likely N-dealkylation sites (tertiary alicyclic amines) is 1. The summed E-state index contributed by atoms with van der Waals surface area (Å²) in [4.78, 5) is 32.6. The molecule has 2 amide bonds. The van der Waals surface area contributed by atoms with Crippen molar-refractivity contribution < 1.29 is 14.3 Å². The molecule has 6 heterocycles. The van der Waals surface area contributed by atoms with Crippen LogP contribution in [0.25, 0.3) is 16.8 Å². The fourth-order valence-electron chi connectivity index (χ4n) is 5.96. The summed E-state index contributed by atoms with van der Waals surface area (Å²) < 4.78 is 8.81. The molecule has 2 aliphatic heterocycles. The number of aryl methyl sites for hydroxylation is 1. The Labute approximate surface area is 237 Å². The lowest BCUT2D eigenvalue weighted by Crippen LogP contribution is -2.45. The molecule has 12 nitrogen and oxygen atoms in total. The zero-order valence-electron chi connectivity index (χ0n) is 23.0. The molecule has 1 spiro atoms. The number of ether oxygens (including phenoxy) is 1. The summed E-state index contributed by atoms with van der Waals surface area (Å²) in [5, 5.41) is 18.6. The van der Waals surface area contributed by atoms with Gasteiger partial charge in [0.1, 0.15) is 0 Å². The van der Waals surface area contributed by atoms with Gasteiger partial charge in [-0.05, 0) is 74.9 Å². The summed E-state index contributed by atoms with van der Waals surface area (Å²) >= 11 is 0. The van der Waals surface area contributed by atoms with Crippen molar-refractivity contribution >= 4 is 28.8 Å². The van der Waals surface area contributed by atoms with Gasteiger partial charge in [-0.3, -0.25) is 28.6 Å². The first-order valence-corrected chi connectivity index (χ1v) is 14.2. The van der Waals surface area contributed by atoms with E-state index in [9.17, 15) is 9.59 Å². The lowest BCUT2D eigenvalue weighted by atomic mass is 9.63. The number of pyridine rings is 2. The number of nitrogens with zero attached hydrogens (tertiary/aromatic N) is 7. The van der Waals surface area contributed by atoms with Crippen LogP contribution < -0.4 is 10.6 Å². The molecular weight excluding hydrogens is 522 g/mol. The third-order valence-corrected chi connectivity index (χ3v) is 8.86. The van der Waals surface area contributed by atoms with Gasteiger partial charge in [-0.1, -0.05) is 6.42 Å². The van der Waals surface area contributed by atoms with Crippen molar-refractivity contribution in [2.75, 3.05) is 43.5 Å². The van der Waals surface area contributed by atoms with Crippen LogP contribution in [0.2, 0.25) is 0 Å². The van der Waals surface area contributed by atoms with Crippen molar-refractivity contribution in [2.45, 2.75) is 45.1 Å². The van der Waals surface area contributed by atoms with Gasteiger partial charge in [0.2, 0.25) is 11.7 Å². The Morgan fingerprint density at radius 1 is 1.05 bits per heavy atom. The molecule has 12 heteroatoms. The number of carbonyl (C=O) groups is 2. The number of amides is 2. The van der Waals surface area contributed by atoms with Gasteiger partial charge in [-0.25, -0.2) is 0 Å². The van der Waals surface area contributed by atoms with Gasteiger partial charge in [-0.15, -0.1) is 10.2 Å². The van der Waals surface area contributed by atoms with E-state index in [-0.39, 0.29) is 17.8 Å². The van der Waals surface area contributed by atoms with Gasteiger partial charge < -0.3 is 15.4 Å². The predicted molar refractivity (Wildman–Crippen MR) is 152 cm³/mol. The van der Waals surface area contributed by atoms with E-state index in [0.717, 1.165) is 24.2 Å². The maximum atomic E-state index is 13.2. The Morgan fingerprint density at radius 3 is 2.61 bits per heavy atom. The molecular formula is C29H33N9O3. The maximum absolute atomic E-state index is 13.2. The van der Waals surface area contributed by atoms with E-state index >= 15 is 0 Å². The third kappa shape index (κ3) is 5.08. The van der Waals surface area contributed by atoms with Crippen LogP contribution in [0.1, 0.15) is 54.5 Å². The highest BCUT2D eigenvalue weighted by atomic mass is 16.5. The normalized spacial score (nSPS) is 18.7. The Hall–Kier alpha value is -4.16. The van der Waals surface area contributed by atoms with Crippen LogP contribution in [0.3, 0.4) is 0 Å². The molecule has 1 aliphatic carbocycles. The summed E-state index contributed by atoms with van der Waals surface area (Å²) in [6.45, 7) is 5.44. The van der Waals surface area contributed by atoms with Crippen molar-refractivity contribution in [1.82, 2.24) is 34.3 Å². The number of hydrogen-bond acceptors (Lipinski definition) is 8. The Bertz CT molecular complexity index is 1610. The molecule has 0 aromatic carbocycles. The van der Waals surface area contributed by atoms with Gasteiger partial charge in [0.05, 0.1) is 55.3 Å². The number of piperidine rings is 1. The molecule has 1 saturated carbocycles. The first-order valence-electron chi connectivity index (χ1n) is 14.2. The second-order valence-electron chi connectivity index (χ2n) is 11.6. The number of aromatic nitrogens is 6. The lowest BCUT2D eigenvalue weighted by Gasteiger charge is -2.47. The van der Waals surface area contributed by atoms with Crippen LogP contribution in [0.15, 0.2) is 43.0 Å². The Morgan fingerprint density at radius 2 is 1.88 bits per heavy atom. The van der Waals surface area contributed by atoms with Crippen LogP contribution in [0.4, 0.5) is 11.4 Å². The highest BCUT2D eigenvalue weighted by Crippen LogP contribution is 2.48. The van der Waals surface area contributed by atoms with Crippen molar-refractivity contribution in [2.24, 2.45) is 5.41 Å². The number of fused-ring (bicyclic) bond motifs is 1. The average molecular weight is 556 g/mol. The van der Waals surface area contributed by atoms with Gasteiger partial charge in [-0.2, -0.15) is 5.10 Å². The molecule has 0 atom stereocenters. The number of nitrogens with one attached hydrogen (secondary N) is 2. The highest BCUT2D eigenvalue weighted by Gasteiger charge is 2.39. The standard InChI is InChI=1S/C29H33N9O3/c1-19-24(12-22(14-30-19)32-26(39)16-36-9-6-29(7-10-36)4-2-5-29)33-28(40)27-35-34-25-11-20(3-8-37(25)27)21-13-31-38(15-21)23-17-41-18-23/h3,8,11-15,23H,2,4-7,9-10,16-18H2,1H3,(H,32,39)(H,33,40). The Balaban J connectivity index is 1.00. The summed E-state index contributed by atoms with van der Waals surface area (Å²) in [7, 11) is 0. The zero-order valence-corrected chi connectivity index (χ0v) is 23.0. The first kappa shape index (κ1) is 25.8. The Kier molecular flexibility index (Phi) is 6.51. The van der Waals surface area contributed by atoms with E-state index in [1.165, 1.54) is 32.1 Å². The monoisotopic (exact) mass is 555 g/mol. The lowest BCUT2D eigenvalue weighted by molar-refractivity contribution is -0.118. The fourth-order valence-corrected chi connectivity index (χ4v) is 5.96. The summed E-state index contributed by atoms with van der Waals surface area (Å²) in [6.07, 6.45) is 13.6. The second-order valence-corrected chi connectivity index (χ2v) is 11.6. The number of hydrogen-bond donors (Lipinski definition) is 2. The van der Waals surface area contributed by atoms with Gasteiger partial charge in [0.15, 0.2) is 5.65 Å². The minimum atomic E-state index is -0.422. The minimum absolute atomic E-state index is 0.0803. The predicted octanol–water partition coefficient (Wildman–Crippen LogP) is 3.32. The summed E-state index contributed by atoms with van der Waals surface area (Å²) in [6, 6.07) is 5.78. The van der Waals surface area contributed by atoms with Crippen molar-refractivity contribution in [3.63, 3.8) is 0 Å². The molecule has 0 bridgehead atoms. The fraction of sp³-hybridized carbons (Fsp3) is 0.448. The largest absolute Gasteiger partial charge is 0.377 e. The molecule has 0 radical (unpaired) electrons. The second kappa shape index (κ2) is 10.3. The van der Waals surface area contributed by atoms with Crippen molar-refractivity contribution in [3.8, 4) is 11.1 Å². The highest BCUT2D eigenvalue weighted by molar-refractivity contribution is 6.03. The zero-order chi connectivity index (χ0) is 28.0. The van der Waals surface area contributed by atoms with Gasteiger partial charge >= 0.3 is 0 Å². The molecule has 2 N–H and O–H groups in total. The van der Waals surface area contributed by atoms with Crippen molar-refractivity contribution in [3.05, 3.63) is 54.5 Å². The molecule has 0 unspecified atom stereocenters. The molecule has 3 aliphatic rings. The van der Waals surface area contributed by atoms with E-state index in [4.69, 9.17) is 4.74 Å². The number of rotatable bonds is 7. The van der Waals surface area contributed by atoms with E-state index in [1.54, 1.807) is 29.8 Å². The smallest absolute Gasteiger partial charge is 0.294 e. The van der Waals surface area contributed by atoms with Crippen molar-refractivity contribution in [1.29, 1.82) is 0 Å². The van der Waals surface area contributed by atoms with Gasteiger partial charge in [0, 0.05) is 18.0 Å². The van der Waals surface area contributed by atoms with E-state index < -0.39 is 5.91 Å². The van der Waals surface area contributed by atoms with Crippen LogP contribution >= 0.6 is 0 Å². The molecule has 4 aromatic rings. The molecule has 7 rings (SSSR count). The number of carbonyl (C=O) groups excluding carboxylic acids is 2. The summed E-state index contributed by atoms with van der Waals surface area (Å²) in [5.41, 5.74) is 4.64. The van der Waals surface area contributed by atoms with Crippen LogP contribution in [0.5, 0.6) is 0 Å². The maximum Gasteiger partial charge on any atom is 0.294 e. The van der Waals surface area contributed by atoms with Crippen LogP contribution in [-0.2, 0) is 9.53 Å². The first-order chi connectivity index (χ1) is 19.9. The SMILES string of the molecule is Cc1ncc(NC(=O)CN2CCC3(CCC3)CC2)cc1NC(=O)c1nnc2cc(-c3cnn(C4COC4)c3)ccn12. The van der Waals surface area contributed by atoms with E-state index in [1.807, 2.05) is 29.2 Å². The quantitative estimate of drug-likeness (QED) is 0.355. The number of anilines is 2. The van der Waals surface area contributed by atoms with Crippen LogP contribution in [0, 0.1) is 12.3 Å². The third-order valence-electron chi connectivity index (χ3n) is 8.86. The van der Waals surface area contributed by atoms with E-state index in [0.29, 0.717) is 47.9 Å². The molecule has 3 fully saturated rings. The minimum Gasteiger partial charge on any atom is -0.377 e. The van der Waals surface area contributed by atoms with E-state index in [2.05, 4.69) is 35.8 Å².